The number of hydrogen-bond acceptors (Lipinski definition) is 3. The van der Waals surface area contributed by atoms with Crippen molar-refractivity contribution in [1.29, 1.82) is 0 Å². The van der Waals surface area contributed by atoms with Crippen LogP contribution in [0.5, 0.6) is 0 Å². The van der Waals surface area contributed by atoms with Gasteiger partial charge in [0.05, 0.1) is 12.7 Å². The number of alkyl halides is 1. The lowest BCUT2D eigenvalue weighted by Gasteiger charge is -2.20. The van der Waals surface area contributed by atoms with Gasteiger partial charge in [0.15, 0.2) is 0 Å². The van der Waals surface area contributed by atoms with Gasteiger partial charge in [-0.25, -0.2) is 8.78 Å². The Kier molecular flexibility index (Phi) is 7.04. The Morgan fingerprint density at radius 2 is 1.85 bits per heavy atom. The average Bonchev–Trinajstić information content (AvgIpc) is 3.17. The fourth-order valence-corrected chi connectivity index (χ4v) is 5.18. The van der Waals surface area contributed by atoms with Crippen LogP contribution in [0.15, 0.2) is 36.4 Å². The molecular weight excluding hydrogens is 390 g/mol. The van der Waals surface area contributed by atoms with Crippen LogP contribution in [-0.2, 0) is 13.0 Å². The second-order valence-corrected chi connectivity index (χ2v) is 8.85. The molecule has 1 aromatic heterocycles. The molecular formula is C21H23ClF2O2S. The molecule has 1 aliphatic rings. The highest BCUT2D eigenvalue weighted by atomic mass is 35.5. The molecule has 1 aliphatic carbocycles. The molecule has 4 atom stereocenters. The largest absolute Gasteiger partial charge is 0.392 e. The van der Waals surface area contributed by atoms with Crippen molar-refractivity contribution in [2.75, 3.05) is 0 Å². The van der Waals surface area contributed by atoms with Gasteiger partial charge in [0.1, 0.15) is 11.6 Å². The van der Waals surface area contributed by atoms with E-state index in [1.54, 1.807) is 17.4 Å². The summed E-state index contributed by atoms with van der Waals surface area (Å²) in [6.45, 7) is 0.0663. The fraction of sp³-hybridized carbons (Fsp3) is 0.429. The van der Waals surface area contributed by atoms with Gasteiger partial charge in [-0.1, -0.05) is 12.2 Å². The maximum absolute atomic E-state index is 13.3. The van der Waals surface area contributed by atoms with Crippen molar-refractivity contribution in [3.05, 3.63) is 63.4 Å². The molecule has 0 saturated heterocycles. The highest BCUT2D eigenvalue weighted by Crippen LogP contribution is 2.40. The monoisotopic (exact) mass is 412 g/mol. The lowest BCUT2D eigenvalue weighted by atomic mass is 9.89. The Morgan fingerprint density at radius 3 is 2.52 bits per heavy atom. The van der Waals surface area contributed by atoms with E-state index in [1.165, 1.54) is 17.0 Å². The fourth-order valence-electron chi connectivity index (χ4n) is 3.78. The summed E-state index contributed by atoms with van der Waals surface area (Å²) in [5.41, 5.74) is 0.437. The molecule has 1 heterocycles. The molecule has 2 nitrogen and oxygen atoms in total. The van der Waals surface area contributed by atoms with Crippen molar-refractivity contribution in [3.63, 3.8) is 0 Å². The Bertz CT molecular complexity index is 772. The summed E-state index contributed by atoms with van der Waals surface area (Å²) in [6.07, 6.45) is 6.18. The standard InChI is InChI=1S/C21H23ClF2O2S/c22-20-11-21(26)19(7-4-13-8-14(23)10-15(24)9-13)18(20)3-1-2-16-5-6-17(12-25)27-16/h4-10,18-21,25-26H,1-3,11-12H2/t18-,19-,20-,21-/m1/s1. The van der Waals surface area contributed by atoms with Crippen molar-refractivity contribution in [2.45, 2.75) is 43.8 Å². The molecule has 146 valence electrons. The van der Waals surface area contributed by atoms with Crippen molar-refractivity contribution in [3.8, 4) is 0 Å². The summed E-state index contributed by atoms with van der Waals surface area (Å²) >= 11 is 8.07. The zero-order valence-corrected chi connectivity index (χ0v) is 16.4. The predicted octanol–water partition coefficient (Wildman–Crippen LogP) is 5.16. The highest BCUT2D eigenvalue weighted by molar-refractivity contribution is 7.11. The molecule has 27 heavy (non-hydrogen) atoms. The van der Waals surface area contributed by atoms with E-state index in [-0.39, 0.29) is 23.8 Å². The molecule has 0 radical (unpaired) electrons. The Labute approximate surface area is 167 Å². The SMILES string of the molecule is OCc1ccc(CCC[C@@H]2[C@@H](C=Cc3cc(F)cc(F)c3)[C@H](O)C[C@H]2Cl)s1. The summed E-state index contributed by atoms with van der Waals surface area (Å²) in [5.74, 6) is -1.25. The second kappa shape index (κ2) is 9.28. The first-order valence-electron chi connectivity index (χ1n) is 9.11. The molecule has 0 unspecified atom stereocenters. The maximum atomic E-state index is 13.3. The minimum atomic E-state index is -0.619. The smallest absolute Gasteiger partial charge is 0.126 e. The van der Waals surface area contributed by atoms with E-state index in [1.807, 2.05) is 18.2 Å². The normalized spacial score (nSPS) is 25.5. The van der Waals surface area contributed by atoms with Crippen LogP contribution in [-0.4, -0.2) is 21.7 Å². The van der Waals surface area contributed by atoms with Crippen LogP contribution < -0.4 is 0 Å². The predicted molar refractivity (Wildman–Crippen MR) is 106 cm³/mol. The van der Waals surface area contributed by atoms with Gasteiger partial charge >= 0.3 is 0 Å². The van der Waals surface area contributed by atoms with Crippen LogP contribution in [0.2, 0.25) is 0 Å². The lowest BCUT2D eigenvalue weighted by molar-refractivity contribution is 0.140. The maximum Gasteiger partial charge on any atom is 0.126 e. The van der Waals surface area contributed by atoms with Crippen LogP contribution in [0, 0.1) is 23.5 Å². The first-order chi connectivity index (χ1) is 13.0. The molecule has 1 fully saturated rings. The van der Waals surface area contributed by atoms with Gasteiger partial charge in [-0.3, -0.25) is 0 Å². The number of thiophene rings is 1. The van der Waals surface area contributed by atoms with Gasteiger partial charge < -0.3 is 10.2 Å². The van der Waals surface area contributed by atoms with Gasteiger partial charge in [-0.15, -0.1) is 22.9 Å². The molecule has 0 bridgehead atoms. The van der Waals surface area contributed by atoms with Crippen LogP contribution in [0.3, 0.4) is 0 Å². The Hall–Kier alpha value is -1.27. The topological polar surface area (TPSA) is 40.5 Å². The summed E-state index contributed by atoms with van der Waals surface area (Å²) in [4.78, 5) is 2.19. The van der Waals surface area contributed by atoms with Crippen LogP contribution >= 0.6 is 22.9 Å². The molecule has 0 spiro atoms. The van der Waals surface area contributed by atoms with Gasteiger partial charge in [0, 0.05) is 27.1 Å². The first kappa shape index (κ1) is 20.5. The zero-order valence-electron chi connectivity index (χ0n) is 14.8. The number of rotatable bonds is 7. The molecule has 2 N–H and O–H groups in total. The number of halogens is 3. The molecule has 3 rings (SSSR count). The minimum absolute atomic E-state index is 0.0663. The molecule has 1 aromatic carbocycles. The third-order valence-electron chi connectivity index (χ3n) is 5.10. The number of benzene rings is 1. The average molecular weight is 413 g/mol. The molecule has 6 heteroatoms. The van der Waals surface area contributed by atoms with E-state index in [9.17, 15) is 13.9 Å². The van der Waals surface area contributed by atoms with E-state index in [2.05, 4.69) is 0 Å². The van der Waals surface area contributed by atoms with Crippen LogP contribution in [0.25, 0.3) is 6.08 Å². The van der Waals surface area contributed by atoms with Gasteiger partial charge in [0.25, 0.3) is 0 Å². The zero-order chi connectivity index (χ0) is 19.4. The number of aliphatic hydroxyl groups is 2. The molecule has 1 saturated carbocycles. The lowest BCUT2D eigenvalue weighted by Crippen LogP contribution is -2.18. The van der Waals surface area contributed by atoms with E-state index in [4.69, 9.17) is 16.7 Å². The van der Waals surface area contributed by atoms with E-state index in [0.717, 1.165) is 30.2 Å². The molecule has 0 amide bonds. The quantitative estimate of drug-likeness (QED) is 0.617. The summed E-state index contributed by atoms with van der Waals surface area (Å²) in [6, 6.07) is 7.35. The third kappa shape index (κ3) is 5.38. The van der Waals surface area contributed by atoms with Crippen LogP contribution in [0.4, 0.5) is 8.78 Å². The number of aryl methyl sites for hydroxylation is 1. The van der Waals surface area contributed by atoms with E-state index >= 15 is 0 Å². The van der Waals surface area contributed by atoms with Crippen LogP contribution in [0.1, 0.15) is 34.6 Å². The third-order valence-corrected chi connectivity index (χ3v) is 6.73. The Morgan fingerprint density at radius 1 is 1.15 bits per heavy atom. The summed E-state index contributed by atoms with van der Waals surface area (Å²) in [5, 5.41) is 19.4. The molecule has 0 aliphatic heterocycles. The van der Waals surface area contributed by atoms with Crippen molar-refractivity contribution in [2.24, 2.45) is 11.8 Å². The molecule has 2 aromatic rings. The van der Waals surface area contributed by atoms with Crippen molar-refractivity contribution in [1.82, 2.24) is 0 Å². The van der Waals surface area contributed by atoms with Gasteiger partial charge in [0.2, 0.25) is 0 Å². The number of aliphatic hydroxyl groups excluding tert-OH is 2. The second-order valence-electron chi connectivity index (χ2n) is 7.04. The minimum Gasteiger partial charge on any atom is -0.392 e. The Balaban J connectivity index is 1.62. The summed E-state index contributed by atoms with van der Waals surface area (Å²) in [7, 11) is 0. The first-order valence-corrected chi connectivity index (χ1v) is 10.4. The van der Waals surface area contributed by atoms with Crippen molar-refractivity contribution >= 4 is 29.0 Å². The van der Waals surface area contributed by atoms with E-state index in [0.29, 0.717) is 12.0 Å². The van der Waals surface area contributed by atoms with Gasteiger partial charge in [-0.2, -0.15) is 0 Å². The van der Waals surface area contributed by atoms with Crippen molar-refractivity contribution < 1.29 is 19.0 Å². The van der Waals surface area contributed by atoms with E-state index < -0.39 is 17.7 Å². The number of hydrogen-bond donors (Lipinski definition) is 2. The highest BCUT2D eigenvalue weighted by Gasteiger charge is 2.39. The van der Waals surface area contributed by atoms with Gasteiger partial charge in [-0.05, 0) is 61.4 Å². The summed E-state index contributed by atoms with van der Waals surface area (Å²) < 4.78 is 26.7.